The topological polar surface area (TPSA) is 46.6 Å². The lowest BCUT2D eigenvalue weighted by Crippen LogP contribution is -2.48. The van der Waals surface area contributed by atoms with Crippen molar-refractivity contribution in [1.82, 2.24) is 4.90 Å². The molecular formula is C22H25NO3. The summed E-state index contributed by atoms with van der Waals surface area (Å²) in [5.41, 5.74) is 1.31. The van der Waals surface area contributed by atoms with Crippen LogP contribution in [0.5, 0.6) is 0 Å². The second-order valence-electron chi connectivity index (χ2n) is 7.71. The Morgan fingerprint density at radius 2 is 1.31 bits per heavy atom. The molecule has 0 spiro atoms. The van der Waals surface area contributed by atoms with Gasteiger partial charge >= 0.3 is 6.09 Å². The first-order valence-electron chi connectivity index (χ1n) is 8.97. The summed E-state index contributed by atoms with van der Waals surface area (Å²) in [5.74, 6) is -0.535. The number of piperidine rings is 1. The summed E-state index contributed by atoms with van der Waals surface area (Å²) >= 11 is 0. The van der Waals surface area contributed by atoms with Crippen molar-refractivity contribution in [2.24, 2.45) is 0 Å². The Morgan fingerprint density at radius 3 is 1.69 bits per heavy atom. The quantitative estimate of drug-likeness (QED) is 0.807. The van der Waals surface area contributed by atoms with E-state index < -0.39 is 5.60 Å². The number of carbonyl (C=O) groups excluding carboxylic acids is 2. The second kappa shape index (κ2) is 7.32. The summed E-state index contributed by atoms with van der Waals surface area (Å²) < 4.78 is 5.56. The fourth-order valence-corrected chi connectivity index (χ4v) is 3.32. The van der Waals surface area contributed by atoms with Gasteiger partial charge in [0.2, 0.25) is 0 Å². The fraction of sp³-hybridized carbons (Fsp3) is 0.364. The van der Waals surface area contributed by atoms with Crippen LogP contribution in [-0.2, 0) is 9.53 Å². The second-order valence-corrected chi connectivity index (χ2v) is 7.71. The molecule has 26 heavy (non-hydrogen) atoms. The summed E-state index contributed by atoms with van der Waals surface area (Å²) in [6.07, 6.45) is -0.369. The molecule has 1 amide bonds. The van der Waals surface area contributed by atoms with E-state index in [0.29, 0.717) is 13.1 Å². The third-order valence-electron chi connectivity index (χ3n) is 4.55. The van der Waals surface area contributed by atoms with Crippen molar-refractivity contribution in [3.63, 3.8) is 0 Å². The van der Waals surface area contributed by atoms with Gasteiger partial charge in [-0.3, -0.25) is 4.79 Å². The van der Waals surface area contributed by atoms with Crippen molar-refractivity contribution in [3.05, 3.63) is 71.8 Å². The minimum Gasteiger partial charge on any atom is -0.444 e. The highest BCUT2D eigenvalue weighted by Gasteiger charge is 2.39. The number of ether oxygens (including phenoxy) is 1. The molecule has 2 unspecified atom stereocenters. The third-order valence-corrected chi connectivity index (χ3v) is 4.55. The minimum absolute atomic E-state index is 0.155. The van der Waals surface area contributed by atoms with Crippen LogP contribution in [0.4, 0.5) is 4.79 Å². The van der Waals surface area contributed by atoms with E-state index in [0.717, 1.165) is 11.1 Å². The molecule has 1 saturated heterocycles. The lowest BCUT2D eigenvalue weighted by Gasteiger charge is -2.37. The Morgan fingerprint density at radius 1 is 0.885 bits per heavy atom. The van der Waals surface area contributed by atoms with Gasteiger partial charge in [0.15, 0.2) is 5.78 Å². The molecule has 0 aliphatic carbocycles. The van der Waals surface area contributed by atoms with Crippen LogP contribution in [0.15, 0.2) is 60.7 Å². The van der Waals surface area contributed by atoms with E-state index in [-0.39, 0.29) is 23.7 Å². The predicted molar refractivity (Wildman–Crippen MR) is 101 cm³/mol. The van der Waals surface area contributed by atoms with E-state index in [1.807, 2.05) is 81.4 Å². The van der Waals surface area contributed by atoms with Gasteiger partial charge in [-0.2, -0.15) is 0 Å². The molecule has 136 valence electrons. The lowest BCUT2D eigenvalue weighted by atomic mass is 9.80. The van der Waals surface area contributed by atoms with Crippen molar-refractivity contribution in [2.75, 3.05) is 13.1 Å². The van der Waals surface area contributed by atoms with Gasteiger partial charge in [-0.1, -0.05) is 60.7 Å². The Kier molecular flexibility index (Phi) is 5.12. The summed E-state index contributed by atoms with van der Waals surface area (Å²) in [7, 11) is 0. The Balaban J connectivity index is 1.93. The SMILES string of the molecule is CC(C)(C)OC(=O)N1CC(c2ccccc2)C(=O)C(c2ccccc2)C1. The van der Waals surface area contributed by atoms with Crippen molar-refractivity contribution < 1.29 is 14.3 Å². The zero-order valence-corrected chi connectivity index (χ0v) is 15.5. The molecule has 3 rings (SSSR count). The van der Waals surface area contributed by atoms with Gasteiger partial charge in [-0.05, 0) is 31.9 Å². The average molecular weight is 351 g/mol. The standard InChI is InChI=1S/C22H25NO3/c1-22(2,3)26-21(25)23-14-18(16-10-6-4-7-11-16)20(24)19(15-23)17-12-8-5-9-13-17/h4-13,18-19H,14-15H2,1-3H3. The molecule has 0 radical (unpaired) electrons. The third kappa shape index (κ3) is 4.13. The number of rotatable bonds is 2. The maximum atomic E-state index is 13.2. The maximum Gasteiger partial charge on any atom is 0.410 e. The molecule has 4 nitrogen and oxygen atoms in total. The highest BCUT2D eigenvalue weighted by molar-refractivity contribution is 5.94. The number of carbonyl (C=O) groups is 2. The molecule has 1 heterocycles. The van der Waals surface area contributed by atoms with Crippen LogP contribution >= 0.6 is 0 Å². The summed E-state index contributed by atoms with van der Waals surface area (Å²) in [6, 6.07) is 19.3. The molecule has 2 aromatic rings. The van der Waals surface area contributed by atoms with E-state index >= 15 is 0 Å². The number of likely N-dealkylation sites (tertiary alicyclic amines) is 1. The number of benzene rings is 2. The van der Waals surface area contributed by atoms with E-state index in [4.69, 9.17) is 4.74 Å². The normalized spacial score (nSPS) is 20.7. The molecule has 0 saturated carbocycles. The Labute approximate surface area is 154 Å². The minimum atomic E-state index is -0.566. The van der Waals surface area contributed by atoms with Crippen molar-refractivity contribution in [2.45, 2.75) is 38.2 Å². The zero-order valence-electron chi connectivity index (χ0n) is 15.5. The fourth-order valence-electron chi connectivity index (χ4n) is 3.32. The van der Waals surface area contributed by atoms with Gasteiger partial charge in [-0.15, -0.1) is 0 Å². The van der Waals surface area contributed by atoms with Gasteiger partial charge in [0.25, 0.3) is 0 Å². The van der Waals surface area contributed by atoms with Gasteiger partial charge < -0.3 is 9.64 Å². The van der Waals surface area contributed by atoms with Crippen LogP contribution in [-0.4, -0.2) is 35.5 Å². The molecule has 0 aromatic heterocycles. The maximum absolute atomic E-state index is 13.2. The van der Waals surface area contributed by atoms with Crippen LogP contribution in [0.2, 0.25) is 0 Å². The largest absolute Gasteiger partial charge is 0.444 e. The molecule has 0 bridgehead atoms. The summed E-state index contributed by atoms with van der Waals surface area (Å²) in [5, 5.41) is 0. The van der Waals surface area contributed by atoms with Gasteiger partial charge in [-0.25, -0.2) is 4.79 Å². The first-order chi connectivity index (χ1) is 12.3. The molecule has 2 atom stereocenters. The van der Waals surface area contributed by atoms with Crippen LogP contribution in [0.1, 0.15) is 43.7 Å². The molecule has 4 heteroatoms. The molecule has 0 N–H and O–H groups in total. The first-order valence-corrected chi connectivity index (χ1v) is 8.97. The number of hydrogen-bond donors (Lipinski definition) is 0. The zero-order chi connectivity index (χ0) is 18.7. The Bertz CT molecular complexity index is 713. The highest BCUT2D eigenvalue weighted by atomic mass is 16.6. The number of amides is 1. The van der Waals surface area contributed by atoms with Crippen LogP contribution in [0.3, 0.4) is 0 Å². The molecule has 1 fully saturated rings. The molecule has 2 aromatic carbocycles. The number of Topliss-reactive ketones (excluding diaryl/α,β-unsaturated/α-hetero) is 1. The van der Waals surface area contributed by atoms with Crippen molar-refractivity contribution >= 4 is 11.9 Å². The highest BCUT2D eigenvalue weighted by Crippen LogP contribution is 2.33. The summed E-state index contributed by atoms with van der Waals surface area (Å²) in [4.78, 5) is 27.5. The Hall–Kier alpha value is -2.62. The van der Waals surface area contributed by atoms with Gasteiger partial charge in [0, 0.05) is 13.1 Å². The predicted octanol–water partition coefficient (Wildman–Crippen LogP) is 4.37. The molecule has 1 aliphatic heterocycles. The monoisotopic (exact) mass is 351 g/mol. The van der Waals surface area contributed by atoms with E-state index in [9.17, 15) is 9.59 Å². The molecule has 1 aliphatic rings. The van der Waals surface area contributed by atoms with Crippen LogP contribution in [0, 0.1) is 0 Å². The van der Waals surface area contributed by atoms with Crippen molar-refractivity contribution in [1.29, 1.82) is 0 Å². The number of ketones is 1. The van der Waals surface area contributed by atoms with Gasteiger partial charge in [0.05, 0.1) is 11.8 Å². The first kappa shape index (κ1) is 18.2. The van der Waals surface area contributed by atoms with Crippen LogP contribution in [0.25, 0.3) is 0 Å². The number of nitrogens with zero attached hydrogens (tertiary/aromatic N) is 1. The van der Waals surface area contributed by atoms with E-state index in [2.05, 4.69) is 0 Å². The van der Waals surface area contributed by atoms with E-state index in [1.54, 1.807) is 4.90 Å². The average Bonchev–Trinajstić information content (AvgIpc) is 2.62. The van der Waals surface area contributed by atoms with Gasteiger partial charge in [0.1, 0.15) is 5.60 Å². The summed E-state index contributed by atoms with van der Waals surface area (Å²) in [6.45, 7) is 6.25. The number of hydrogen-bond acceptors (Lipinski definition) is 3. The lowest BCUT2D eigenvalue weighted by molar-refractivity contribution is -0.124. The van der Waals surface area contributed by atoms with Crippen LogP contribution < -0.4 is 0 Å². The molecular weight excluding hydrogens is 326 g/mol. The van der Waals surface area contributed by atoms with E-state index in [1.165, 1.54) is 0 Å². The van der Waals surface area contributed by atoms with Crippen molar-refractivity contribution in [3.8, 4) is 0 Å². The smallest absolute Gasteiger partial charge is 0.410 e.